The van der Waals surface area contributed by atoms with Crippen LogP contribution in [-0.4, -0.2) is 8.42 Å². The molecule has 2 rings (SSSR count). The summed E-state index contributed by atoms with van der Waals surface area (Å²) in [7, 11) is -3.94. The zero-order valence-corrected chi connectivity index (χ0v) is 10.8. The SMILES string of the molecule is NS(=O)(=O)c1c(Cl)cccc1Oc1ccccc1. The van der Waals surface area contributed by atoms with Gasteiger partial charge in [0.1, 0.15) is 16.4 Å². The maximum atomic E-state index is 11.5. The van der Waals surface area contributed by atoms with Gasteiger partial charge in [0.2, 0.25) is 10.0 Å². The summed E-state index contributed by atoms with van der Waals surface area (Å²) >= 11 is 5.84. The van der Waals surface area contributed by atoms with Gasteiger partial charge in [-0.15, -0.1) is 0 Å². The molecule has 6 heteroatoms. The summed E-state index contributed by atoms with van der Waals surface area (Å²) < 4.78 is 28.4. The lowest BCUT2D eigenvalue weighted by Crippen LogP contribution is -2.13. The second kappa shape index (κ2) is 4.97. The summed E-state index contributed by atoms with van der Waals surface area (Å²) in [5.74, 6) is 0.612. The molecule has 0 saturated heterocycles. The molecule has 0 amide bonds. The quantitative estimate of drug-likeness (QED) is 0.941. The van der Waals surface area contributed by atoms with Gasteiger partial charge < -0.3 is 4.74 Å². The van der Waals surface area contributed by atoms with E-state index in [-0.39, 0.29) is 15.7 Å². The predicted octanol–water partition coefficient (Wildman–Crippen LogP) is 2.78. The van der Waals surface area contributed by atoms with Crippen LogP contribution >= 0.6 is 11.6 Å². The third-order valence-corrected chi connectivity index (χ3v) is 3.60. The van der Waals surface area contributed by atoms with E-state index in [0.717, 1.165) is 0 Å². The van der Waals surface area contributed by atoms with E-state index in [2.05, 4.69) is 0 Å². The number of benzene rings is 2. The van der Waals surface area contributed by atoms with E-state index < -0.39 is 10.0 Å². The minimum absolute atomic E-state index is 0.0333. The Balaban J connectivity index is 2.50. The van der Waals surface area contributed by atoms with Gasteiger partial charge in [-0.05, 0) is 24.3 Å². The highest BCUT2D eigenvalue weighted by Gasteiger charge is 2.19. The van der Waals surface area contributed by atoms with Crippen LogP contribution in [0.5, 0.6) is 11.5 Å². The third-order valence-electron chi connectivity index (χ3n) is 2.19. The Bertz CT molecular complexity index is 656. The van der Waals surface area contributed by atoms with Crippen molar-refractivity contribution in [2.45, 2.75) is 4.90 Å². The fourth-order valence-corrected chi connectivity index (χ4v) is 2.68. The van der Waals surface area contributed by atoms with Gasteiger partial charge in [-0.1, -0.05) is 35.9 Å². The number of sulfonamides is 1. The average molecular weight is 284 g/mol. The number of hydrogen-bond donors (Lipinski definition) is 1. The molecule has 4 nitrogen and oxygen atoms in total. The highest BCUT2D eigenvalue weighted by Crippen LogP contribution is 2.33. The van der Waals surface area contributed by atoms with Crippen molar-refractivity contribution in [3.8, 4) is 11.5 Å². The lowest BCUT2D eigenvalue weighted by Gasteiger charge is -2.10. The first-order valence-corrected chi connectivity index (χ1v) is 6.95. The largest absolute Gasteiger partial charge is 0.456 e. The van der Waals surface area contributed by atoms with Crippen LogP contribution < -0.4 is 9.88 Å². The number of rotatable bonds is 3. The first-order valence-electron chi connectivity index (χ1n) is 5.03. The number of nitrogens with two attached hydrogens (primary N) is 1. The molecule has 0 aromatic heterocycles. The summed E-state index contributed by atoms with van der Waals surface area (Å²) in [6.45, 7) is 0. The van der Waals surface area contributed by atoms with E-state index in [9.17, 15) is 8.42 Å². The molecular weight excluding hydrogens is 274 g/mol. The predicted molar refractivity (Wildman–Crippen MR) is 69.3 cm³/mol. The van der Waals surface area contributed by atoms with Crippen LogP contribution in [0.1, 0.15) is 0 Å². The highest BCUT2D eigenvalue weighted by atomic mass is 35.5. The second-order valence-electron chi connectivity index (χ2n) is 3.53. The summed E-state index contributed by atoms with van der Waals surface area (Å²) in [4.78, 5) is -0.212. The van der Waals surface area contributed by atoms with Crippen molar-refractivity contribution in [1.29, 1.82) is 0 Å². The van der Waals surface area contributed by atoms with Gasteiger partial charge in [-0.3, -0.25) is 0 Å². The third kappa shape index (κ3) is 2.81. The maximum Gasteiger partial charge on any atom is 0.243 e. The standard InChI is InChI=1S/C12H10ClNO3S/c13-10-7-4-8-11(12(10)18(14,15)16)17-9-5-2-1-3-6-9/h1-8H,(H2,14,15,16). The smallest absolute Gasteiger partial charge is 0.243 e. The Labute approximate surface area is 110 Å². The van der Waals surface area contributed by atoms with Crippen LogP contribution in [-0.2, 0) is 10.0 Å². The molecule has 0 spiro atoms. The molecule has 0 fully saturated rings. The summed E-state index contributed by atoms with van der Waals surface area (Å²) in [5, 5.41) is 5.15. The van der Waals surface area contributed by atoms with E-state index >= 15 is 0 Å². The lowest BCUT2D eigenvalue weighted by molar-refractivity contribution is 0.467. The van der Waals surface area contributed by atoms with Gasteiger partial charge in [0.25, 0.3) is 0 Å². The molecule has 0 heterocycles. The van der Waals surface area contributed by atoms with E-state index in [1.807, 2.05) is 6.07 Å². The average Bonchev–Trinajstić information content (AvgIpc) is 2.28. The van der Waals surface area contributed by atoms with Crippen LogP contribution in [0, 0.1) is 0 Å². The van der Waals surface area contributed by atoms with E-state index in [4.69, 9.17) is 21.5 Å². The van der Waals surface area contributed by atoms with Crippen LogP contribution in [0.25, 0.3) is 0 Å². The Morgan fingerprint density at radius 2 is 1.67 bits per heavy atom. The molecule has 94 valence electrons. The second-order valence-corrected chi connectivity index (χ2v) is 5.43. The zero-order chi connectivity index (χ0) is 13.2. The molecule has 0 radical (unpaired) electrons. The molecule has 18 heavy (non-hydrogen) atoms. The fraction of sp³-hybridized carbons (Fsp3) is 0. The first-order chi connectivity index (χ1) is 8.48. The number of hydrogen-bond acceptors (Lipinski definition) is 3. The number of ether oxygens (including phenoxy) is 1. The Morgan fingerprint density at radius 3 is 2.28 bits per heavy atom. The van der Waals surface area contributed by atoms with E-state index in [0.29, 0.717) is 5.75 Å². The number of para-hydroxylation sites is 1. The molecule has 2 aromatic carbocycles. The zero-order valence-electron chi connectivity index (χ0n) is 9.21. The molecule has 0 bridgehead atoms. The highest BCUT2D eigenvalue weighted by molar-refractivity contribution is 7.89. The molecule has 0 unspecified atom stereocenters. The van der Waals surface area contributed by atoms with Gasteiger partial charge in [0, 0.05) is 0 Å². The topological polar surface area (TPSA) is 69.4 Å². The van der Waals surface area contributed by atoms with Gasteiger partial charge in [-0.25, -0.2) is 13.6 Å². The lowest BCUT2D eigenvalue weighted by atomic mass is 10.3. The molecular formula is C12H10ClNO3S. The van der Waals surface area contributed by atoms with E-state index in [1.54, 1.807) is 30.3 Å². The van der Waals surface area contributed by atoms with E-state index in [1.165, 1.54) is 12.1 Å². The first kappa shape index (κ1) is 12.9. The molecule has 2 N–H and O–H groups in total. The molecule has 2 aromatic rings. The summed E-state index contributed by atoms with van der Waals surface area (Å²) in [6, 6.07) is 13.3. The Kier molecular flexibility index (Phi) is 3.56. The normalized spacial score (nSPS) is 11.2. The van der Waals surface area contributed by atoms with Crippen molar-refractivity contribution < 1.29 is 13.2 Å². The van der Waals surface area contributed by atoms with Crippen molar-refractivity contribution in [2.75, 3.05) is 0 Å². The molecule has 0 aliphatic heterocycles. The summed E-state index contributed by atoms with van der Waals surface area (Å²) in [6.07, 6.45) is 0. The van der Waals surface area contributed by atoms with Crippen LogP contribution in [0.15, 0.2) is 53.4 Å². The minimum atomic E-state index is -3.94. The minimum Gasteiger partial charge on any atom is -0.456 e. The van der Waals surface area contributed by atoms with Crippen LogP contribution in [0.4, 0.5) is 0 Å². The van der Waals surface area contributed by atoms with Gasteiger partial charge in [-0.2, -0.15) is 0 Å². The van der Waals surface area contributed by atoms with Crippen LogP contribution in [0.2, 0.25) is 5.02 Å². The summed E-state index contributed by atoms with van der Waals surface area (Å²) in [5.41, 5.74) is 0. The Morgan fingerprint density at radius 1 is 1.00 bits per heavy atom. The number of primary sulfonamides is 1. The van der Waals surface area contributed by atoms with Crippen molar-refractivity contribution >= 4 is 21.6 Å². The van der Waals surface area contributed by atoms with Crippen molar-refractivity contribution in [3.05, 3.63) is 53.6 Å². The van der Waals surface area contributed by atoms with Gasteiger partial charge in [0.15, 0.2) is 0 Å². The van der Waals surface area contributed by atoms with Crippen molar-refractivity contribution in [3.63, 3.8) is 0 Å². The maximum absolute atomic E-state index is 11.5. The number of halogens is 1. The monoisotopic (exact) mass is 283 g/mol. The molecule has 0 aliphatic rings. The molecule has 0 atom stereocenters. The molecule has 0 saturated carbocycles. The fourth-order valence-electron chi connectivity index (χ4n) is 1.46. The van der Waals surface area contributed by atoms with Crippen LogP contribution in [0.3, 0.4) is 0 Å². The van der Waals surface area contributed by atoms with Crippen molar-refractivity contribution in [1.82, 2.24) is 0 Å². The van der Waals surface area contributed by atoms with Gasteiger partial charge in [0.05, 0.1) is 5.02 Å². The van der Waals surface area contributed by atoms with Gasteiger partial charge >= 0.3 is 0 Å². The molecule has 0 aliphatic carbocycles. The van der Waals surface area contributed by atoms with Crippen molar-refractivity contribution in [2.24, 2.45) is 5.14 Å². The Hall–Kier alpha value is -1.56.